The number of carbonyl (C=O) groups excluding carboxylic acids is 2. The van der Waals surface area contributed by atoms with Crippen LogP contribution in [0.5, 0.6) is 0 Å². The number of amides is 1. The van der Waals surface area contributed by atoms with Crippen LogP contribution in [0.4, 0.5) is 5.69 Å². The van der Waals surface area contributed by atoms with E-state index in [9.17, 15) is 14.4 Å². The molecule has 3 aliphatic rings. The van der Waals surface area contributed by atoms with Crippen molar-refractivity contribution in [3.05, 3.63) is 78.7 Å². The molecule has 2 bridgehead atoms. The third-order valence-corrected chi connectivity index (χ3v) is 11.3. The molecule has 3 aromatic rings. The summed E-state index contributed by atoms with van der Waals surface area (Å²) < 4.78 is 7.72. The van der Waals surface area contributed by atoms with Crippen molar-refractivity contribution in [2.24, 2.45) is 17.8 Å². The van der Waals surface area contributed by atoms with Gasteiger partial charge in [-0.1, -0.05) is 39.4 Å². The third kappa shape index (κ3) is 4.59. The maximum absolute atomic E-state index is 13.2. The van der Waals surface area contributed by atoms with E-state index in [1.807, 2.05) is 11.8 Å². The molecule has 2 aliphatic carbocycles. The lowest BCUT2D eigenvalue weighted by Crippen LogP contribution is -2.34. The molecule has 0 saturated heterocycles. The zero-order valence-electron chi connectivity index (χ0n) is 20.3. The highest BCUT2D eigenvalue weighted by molar-refractivity contribution is 9.10. The van der Waals surface area contributed by atoms with Crippen LogP contribution in [0.2, 0.25) is 0 Å². The minimum atomic E-state index is -0.395. The van der Waals surface area contributed by atoms with Crippen molar-refractivity contribution in [2.45, 2.75) is 48.9 Å². The maximum atomic E-state index is 13.2. The van der Waals surface area contributed by atoms with E-state index in [0.717, 1.165) is 14.4 Å². The largest absolute Gasteiger partial charge is 0.462 e. The number of rotatable bonds is 6. The van der Waals surface area contributed by atoms with Crippen LogP contribution in [0.25, 0.3) is 0 Å². The van der Waals surface area contributed by atoms with Gasteiger partial charge in [0.15, 0.2) is 0 Å². The summed E-state index contributed by atoms with van der Waals surface area (Å²) in [5.74, 6) is 1.46. The molecule has 2 aromatic carbocycles. The summed E-state index contributed by atoms with van der Waals surface area (Å²) in [6.07, 6.45) is 3.82. The van der Waals surface area contributed by atoms with E-state index in [0.29, 0.717) is 40.9 Å². The summed E-state index contributed by atoms with van der Waals surface area (Å²) in [6, 6.07) is 15.1. The topological polar surface area (TPSA) is 77.4 Å². The van der Waals surface area contributed by atoms with E-state index in [2.05, 4.69) is 45.5 Å². The molecule has 5 atom stereocenters. The highest BCUT2D eigenvalue weighted by Gasteiger charge is 2.55. The summed E-state index contributed by atoms with van der Waals surface area (Å²) in [4.78, 5) is 39.2. The molecule has 2 heterocycles. The van der Waals surface area contributed by atoms with Crippen LogP contribution in [-0.4, -0.2) is 28.3 Å². The highest BCUT2D eigenvalue weighted by atomic mass is 79.9. The van der Waals surface area contributed by atoms with Crippen LogP contribution >= 0.6 is 39.0 Å². The van der Waals surface area contributed by atoms with Crippen molar-refractivity contribution in [3.8, 4) is 0 Å². The van der Waals surface area contributed by atoms with E-state index in [-0.39, 0.29) is 23.2 Å². The van der Waals surface area contributed by atoms with Gasteiger partial charge in [0.05, 0.1) is 17.2 Å². The van der Waals surface area contributed by atoms with Crippen molar-refractivity contribution in [3.63, 3.8) is 0 Å². The molecular weight excluding hydrogens is 572 g/mol. The van der Waals surface area contributed by atoms with Crippen LogP contribution in [0, 0.1) is 17.8 Å². The van der Waals surface area contributed by atoms with Crippen LogP contribution < -0.4 is 10.2 Å². The number of halogens is 1. The molecular formula is C28H27BrN2O4S2. The van der Waals surface area contributed by atoms with Crippen molar-refractivity contribution in [1.82, 2.24) is 4.57 Å². The summed E-state index contributed by atoms with van der Waals surface area (Å²) >= 11 is 6.69. The van der Waals surface area contributed by atoms with Crippen molar-refractivity contribution >= 4 is 56.6 Å². The summed E-state index contributed by atoms with van der Waals surface area (Å²) in [5, 5.41) is 4.32. The Hall–Kier alpha value is -2.36. The van der Waals surface area contributed by atoms with Crippen LogP contribution in [0.1, 0.15) is 52.9 Å². The number of anilines is 1. The minimum absolute atomic E-state index is 0.0319. The summed E-state index contributed by atoms with van der Waals surface area (Å²) in [7, 11) is 0. The molecule has 1 N–H and O–H groups in total. The fraction of sp³-hybridized carbons (Fsp3) is 0.393. The van der Waals surface area contributed by atoms with Crippen molar-refractivity contribution in [2.75, 3.05) is 11.9 Å². The molecule has 6 nitrogen and oxygen atoms in total. The van der Waals surface area contributed by atoms with E-state index < -0.39 is 5.97 Å². The quantitative estimate of drug-likeness (QED) is 0.345. The number of nitrogens with zero attached hydrogens (tertiary/aromatic N) is 1. The average molecular weight is 600 g/mol. The number of fused-ring (bicyclic) bond motifs is 6. The summed E-state index contributed by atoms with van der Waals surface area (Å²) in [5.41, 5.74) is 2.26. The number of thioether (sulfide) groups is 1. The average Bonchev–Trinajstić information content (AvgIpc) is 3.58. The molecule has 1 aromatic heterocycles. The van der Waals surface area contributed by atoms with Crippen LogP contribution in [0.15, 0.2) is 62.8 Å². The molecule has 2 fully saturated rings. The van der Waals surface area contributed by atoms with E-state index in [1.54, 1.807) is 35.8 Å². The zero-order chi connectivity index (χ0) is 25.7. The van der Waals surface area contributed by atoms with Crippen molar-refractivity contribution < 1.29 is 14.3 Å². The smallest absolute Gasteiger partial charge is 0.338 e. The molecule has 0 radical (unpaired) electrons. The van der Waals surface area contributed by atoms with E-state index in [4.69, 9.17) is 4.74 Å². The Morgan fingerprint density at radius 2 is 1.81 bits per heavy atom. The fourth-order valence-electron chi connectivity index (χ4n) is 6.38. The number of aromatic nitrogens is 1. The number of ether oxygens (including phenoxy) is 1. The fourth-order valence-corrected chi connectivity index (χ4v) is 9.79. The number of nitrogens with one attached hydrogen (secondary N) is 1. The highest BCUT2D eigenvalue weighted by Crippen LogP contribution is 2.64. The molecule has 0 spiro atoms. The molecule has 9 heteroatoms. The minimum Gasteiger partial charge on any atom is -0.462 e. The molecule has 192 valence electrons. The lowest BCUT2D eigenvalue weighted by molar-refractivity contribution is -0.116. The summed E-state index contributed by atoms with van der Waals surface area (Å²) in [6.45, 7) is 2.03. The number of carbonyl (C=O) groups is 2. The number of hydrogen-bond acceptors (Lipinski definition) is 6. The third-order valence-electron chi connectivity index (χ3n) is 7.90. The van der Waals surface area contributed by atoms with Crippen LogP contribution in [0.3, 0.4) is 0 Å². The van der Waals surface area contributed by atoms with Gasteiger partial charge in [-0.05, 0) is 85.9 Å². The number of benzene rings is 2. The first-order chi connectivity index (χ1) is 17.9. The van der Waals surface area contributed by atoms with Gasteiger partial charge in [0, 0.05) is 26.2 Å². The van der Waals surface area contributed by atoms with Gasteiger partial charge >= 0.3 is 10.8 Å². The Morgan fingerprint density at radius 1 is 1.08 bits per heavy atom. The molecule has 1 amide bonds. The Morgan fingerprint density at radius 3 is 2.54 bits per heavy atom. The first kappa shape index (κ1) is 24.9. The standard InChI is InChI=1S/C28H27BrN2O4S2/c1-2-35-27(33)16-7-11-20(12-8-16)30-21(32)14-31-26-25(37-28(31)34)22(15-5-9-19(29)10-6-15)23-17-3-4-18(13-17)24(23)36-26/h5-12,17-18,22-24H,2-4,13-14H2,1H3,(H,30,32)/t17?,18?,22-,23?,24?/m1/s1. The Kier molecular flexibility index (Phi) is 6.79. The van der Waals surface area contributed by atoms with Crippen LogP contribution in [-0.2, 0) is 16.1 Å². The first-order valence-corrected chi connectivity index (χ1v) is 15.1. The monoisotopic (exact) mass is 598 g/mol. The van der Waals surface area contributed by atoms with E-state index in [1.165, 1.54) is 36.2 Å². The Labute approximate surface area is 231 Å². The second-order valence-electron chi connectivity index (χ2n) is 9.99. The first-order valence-electron chi connectivity index (χ1n) is 12.7. The Bertz CT molecular complexity index is 1400. The normalized spacial score (nSPS) is 25.4. The lowest BCUT2D eigenvalue weighted by atomic mass is 9.75. The number of hydrogen-bond donors (Lipinski definition) is 1. The second kappa shape index (κ2) is 10.1. The molecule has 2 saturated carbocycles. The number of esters is 1. The predicted octanol–water partition coefficient (Wildman–Crippen LogP) is 6.14. The van der Waals surface area contributed by atoms with Gasteiger partial charge in [0.25, 0.3) is 0 Å². The molecule has 6 rings (SSSR count). The zero-order valence-corrected chi connectivity index (χ0v) is 23.5. The van der Waals surface area contributed by atoms with E-state index >= 15 is 0 Å². The van der Waals surface area contributed by atoms with Gasteiger partial charge in [0.1, 0.15) is 6.54 Å². The van der Waals surface area contributed by atoms with Gasteiger partial charge in [-0.2, -0.15) is 0 Å². The predicted molar refractivity (Wildman–Crippen MR) is 150 cm³/mol. The van der Waals surface area contributed by atoms with Gasteiger partial charge in [-0.25, -0.2) is 4.79 Å². The lowest BCUT2D eigenvalue weighted by Gasteiger charge is -2.40. The van der Waals surface area contributed by atoms with Gasteiger partial charge in [-0.3, -0.25) is 14.2 Å². The molecule has 37 heavy (non-hydrogen) atoms. The van der Waals surface area contributed by atoms with Gasteiger partial charge in [-0.15, -0.1) is 11.8 Å². The molecule has 1 aliphatic heterocycles. The SMILES string of the molecule is CCOC(=O)c1ccc(NC(=O)Cn2c3c(sc2=O)[C@H](c2ccc(Br)cc2)C2C4CCC(C4)C2S3)cc1. The Balaban J connectivity index is 1.27. The van der Waals surface area contributed by atoms with Crippen molar-refractivity contribution in [1.29, 1.82) is 0 Å². The second-order valence-corrected chi connectivity index (χ2v) is 13.1. The number of thiazole rings is 1. The molecule has 4 unspecified atom stereocenters. The maximum Gasteiger partial charge on any atom is 0.338 e. The van der Waals surface area contributed by atoms with Gasteiger partial charge in [0.2, 0.25) is 5.91 Å². The van der Waals surface area contributed by atoms with Gasteiger partial charge < -0.3 is 10.1 Å².